The van der Waals surface area contributed by atoms with Crippen molar-refractivity contribution in [2.45, 2.75) is 100 Å². The van der Waals surface area contributed by atoms with Crippen molar-refractivity contribution in [3.8, 4) is 0 Å². The van der Waals surface area contributed by atoms with E-state index in [2.05, 4.69) is 96.3 Å². The SMILES string of the molecule is CCOC(=O)c1c(C)nnn1Cc1ccc2ncc(Cl)cc2c1.CCOC(=O)c1nn(Cc2ccc3ncc(Cl)cc3c2)nc1C(F)(F)F.CCOC(=O)c1nnn(Cc2ccc3ncc(Cl)cc3c2)c1C.Cc1c(C(=O)O)nnn1Cc1ccc2ncc(Cl)cc2c1.Cc1nnn(Cc2ccc3ncc(Cl)cc3c2)c1C(=O)O.O=C(O)c1nn(Cc2ccc3ncc(Cl)cc3c2)nc1C(F)(F)F.[Li+].[OH-]. The number of aromatic carboxylic acids is 3. The van der Waals surface area contributed by atoms with Gasteiger partial charge in [0.2, 0.25) is 22.8 Å². The number of aryl methyl sites for hydroxylation is 2. The van der Waals surface area contributed by atoms with Crippen LogP contribution in [0.15, 0.2) is 183 Å². The van der Waals surface area contributed by atoms with Gasteiger partial charge in [-0.25, -0.2) is 47.5 Å². The molecule has 18 rings (SSSR count). The molecule has 0 aliphatic rings. The molecule has 6 aromatic carbocycles. The summed E-state index contributed by atoms with van der Waals surface area (Å²) >= 11 is 35.6. The number of alkyl halides is 6. The first-order chi connectivity index (χ1) is 65.8. The predicted octanol–water partition coefficient (Wildman–Crippen LogP) is 14.9. The van der Waals surface area contributed by atoms with Gasteiger partial charge in [-0.05, 0) is 191 Å². The monoisotopic (exact) mass is 2030 g/mol. The Morgan fingerprint density at radius 2 is 0.579 bits per heavy atom. The topological polar surface area (TPSA) is 482 Å². The van der Waals surface area contributed by atoms with Crippen LogP contribution in [0.4, 0.5) is 26.3 Å². The fourth-order valence-corrected chi connectivity index (χ4v) is 14.6. The van der Waals surface area contributed by atoms with E-state index in [1.54, 1.807) is 129 Å². The van der Waals surface area contributed by atoms with Gasteiger partial charge in [0.05, 0.1) is 145 Å². The minimum absolute atomic E-state index is 0. The van der Waals surface area contributed by atoms with Crippen LogP contribution in [0.1, 0.15) is 151 Å². The molecule has 0 saturated heterocycles. The van der Waals surface area contributed by atoms with Gasteiger partial charge in [-0.15, -0.1) is 40.8 Å². The Morgan fingerprint density at radius 3 is 0.871 bits per heavy atom. The van der Waals surface area contributed by atoms with Crippen molar-refractivity contribution < 1.29 is 109 Å². The predicted molar refractivity (Wildman–Crippen MR) is 495 cm³/mol. The Balaban J connectivity index is 0.000000160. The molecule has 18 aromatic rings. The fourth-order valence-electron chi connectivity index (χ4n) is 13.6. The molecule has 0 spiro atoms. The molecule has 0 unspecified atom stereocenters. The van der Waals surface area contributed by atoms with Crippen LogP contribution in [0.2, 0.25) is 30.1 Å². The van der Waals surface area contributed by atoms with Gasteiger partial charge < -0.3 is 35.0 Å². The largest absolute Gasteiger partial charge is 1.00 e. The summed E-state index contributed by atoms with van der Waals surface area (Å²) in [5, 5.41) is 80.2. The Morgan fingerprint density at radius 1 is 0.321 bits per heavy atom. The number of carboxylic acids is 3. The number of hydrogen-bond donors (Lipinski definition) is 3. The van der Waals surface area contributed by atoms with Crippen LogP contribution in [0.25, 0.3) is 65.4 Å². The summed E-state index contributed by atoms with van der Waals surface area (Å²) in [6.45, 7) is 13.9. The molecule has 12 aromatic heterocycles. The minimum Gasteiger partial charge on any atom is -0.870 e. The maximum atomic E-state index is 13.1. The van der Waals surface area contributed by atoms with E-state index in [-0.39, 0.29) is 61.1 Å². The number of pyridine rings is 6. The zero-order valence-electron chi connectivity index (χ0n) is 74.4. The number of rotatable bonds is 21. The van der Waals surface area contributed by atoms with E-state index in [0.29, 0.717) is 130 Å². The van der Waals surface area contributed by atoms with Gasteiger partial charge >= 0.3 is 67.0 Å². The average Bonchev–Trinajstić information content (AvgIpc) is 1.67. The summed E-state index contributed by atoms with van der Waals surface area (Å²) in [7, 11) is 0. The standard InChI is InChI=1S/C16H12ClF3N4O2.2C16H15ClN4O2.C14H8ClF3N4O2.2C14H11ClN4O2.Li.H2O/c1-2-26-15(25)13-14(16(18,19)20)23-24(22-13)8-9-3-4-12-10(5-9)6-11(17)7-21-12;1-3-23-16(22)15-10(2)21(20-19-15)9-11-4-5-14-12(6-11)7-13(17)8-18-14;1-3-23-16(22)15-10(2)19-20-21(15)9-11-4-5-14-12(6-11)7-13(17)8-18-14;15-9-4-8-3-7(1-2-10(8)19-5-9)6-22-20-11(13(23)24)12(21-22)14(16,17)18;1-8-13(14(20)21)17-18-19(8)7-9-2-3-12-10(4-9)5-11(15)6-16-12;1-8-13(14(20)21)19(18-17-8)7-9-2-3-12-10(4-9)5-11(15)6-16-12;;/h3-7H,2,8H2,1H3;2*4-8H,3,9H2,1-2H3;1-5H,6H2,(H,23,24);2*2-6H,7H2,1H3,(H,20,21);;1H2/q;;;;;;+1;/p-1. The number of benzene rings is 6. The molecule has 0 aliphatic carbocycles. The average molecular weight is 2030 g/mol. The summed E-state index contributed by atoms with van der Waals surface area (Å²) in [4.78, 5) is 95.4. The molecule has 0 aliphatic heterocycles. The fraction of sp³-hybridized carbons (Fsp3) is 0.200. The van der Waals surface area contributed by atoms with Crippen molar-refractivity contribution in [3.05, 3.63) is 315 Å². The third kappa shape index (κ3) is 26.8. The first kappa shape index (κ1) is 106. The molecule has 716 valence electrons. The number of esters is 3. The molecule has 0 atom stereocenters. The summed E-state index contributed by atoms with van der Waals surface area (Å²) in [5.41, 5.74) is 7.77. The van der Waals surface area contributed by atoms with Crippen LogP contribution in [-0.2, 0) is 65.8 Å². The van der Waals surface area contributed by atoms with E-state index in [1.807, 2.05) is 97.1 Å². The molecule has 50 heteroatoms. The maximum absolute atomic E-state index is 13.1. The van der Waals surface area contributed by atoms with E-state index >= 15 is 0 Å². The van der Waals surface area contributed by atoms with E-state index in [1.165, 1.54) is 24.0 Å². The van der Waals surface area contributed by atoms with Crippen LogP contribution in [0, 0.1) is 27.7 Å². The zero-order valence-corrected chi connectivity index (χ0v) is 79.0. The van der Waals surface area contributed by atoms with E-state index in [0.717, 1.165) is 76.0 Å². The molecule has 0 bridgehead atoms. The first-order valence-corrected chi connectivity index (χ1v) is 43.1. The zero-order chi connectivity index (χ0) is 99.1. The molecule has 12 heterocycles. The molecule has 0 saturated carbocycles. The number of halogens is 12. The van der Waals surface area contributed by atoms with Gasteiger partial charge in [-0.2, -0.15) is 35.9 Å². The molecular formula is C90H73Cl6F6LiN24O13. The third-order valence-electron chi connectivity index (χ3n) is 19.9. The van der Waals surface area contributed by atoms with E-state index < -0.39 is 70.9 Å². The molecular weight excluding hydrogens is 1960 g/mol. The van der Waals surface area contributed by atoms with Crippen LogP contribution in [0.3, 0.4) is 0 Å². The smallest absolute Gasteiger partial charge is 0.870 e. The number of ether oxygens (including phenoxy) is 3. The van der Waals surface area contributed by atoms with E-state index in [4.69, 9.17) is 89.3 Å². The van der Waals surface area contributed by atoms with Crippen LogP contribution >= 0.6 is 69.6 Å². The van der Waals surface area contributed by atoms with Crippen molar-refractivity contribution in [3.63, 3.8) is 0 Å². The Labute approximate surface area is 828 Å². The molecule has 4 N–H and O–H groups in total. The van der Waals surface area contributed by atoms with Crippen molar-refractivity contribution in [2.24, 2.45) is 0 Å². The normalized spacial score (nSPS) is 11.1. The number of nitrogens with zero attached hydrogens (tertiary/aromatic N) is 24. The number of fused-ring (bicyclic) bond motifs is 6. The van der Waals surface area contributed by atoms with Gasteiger partial charge in [0, 0.05) is 69.5 Å². The third-order valence-corrected chi connectivity index (χ3v) is 21.1. The van der Waals surface area contributed by atoms with Gasteiger partial charge in [0.25, 0.3) is 0 Å². The number of aromatic nitrogens is 24. The molecule has 37 nitrogen and oxygen atoms in total. The van der Waals surface area contributed by atoms with Crippen LogP contribution in [-0.4, -0.2) is 196 Å². The number of hydrogen-bond acceptors (Lipinski definition) is 28. The summed E-state index contributed by atoms with van der Waals surface area (Å²) in [5.74, 6) is -5.94. The Kier molecular flexibility index (Phi) is 35.2. The van der Waals surface area contributed by atoms with Gasteiger partial charge in [-0.1, -0.05) is 127 Å². The van der Waals surface area contributed by atoms with Crippen molar-refractivity contribution in [1.82, 2.24) is 120 Å². The number of carboxylic acid groups (broad SMARTS) is 3. The van der Waals surface area contributed by atoms with Gasteiger partial charge in [0.1, 0.15) is 0 Å². The minimum atomic E-state index is -4.90. The molecule has 140 heavy (non-hydrogen) atoms. The van der Waals surface area contributed by atoms with Gasteiger partial charge in [0.15, 0.2) is 22.8 Å². The second kappa shape index (κ2) is 46.6. The number of carbonyl (C=O) groups excluding carboxylic acids is 3. The summed E-state index contributed by atoms with van der Waals surface area (Å²) in [6.07, 6.45) is -0.307. The van der Waals surface area contributed by atoms with Crippen LogP contribution in [0.5, 0.6) is 0 Å². The van der Waals surface area contributed by atoms with Crippen molar-refractivity contribution in [2.75, 3.05) is 19.8 Å². The number of carbonyl (C=O) groups is 6. The Bertz CT molecular complexity index is 7660. The van der Waals surface area contributed by atoms with E-state index in [9.17, 15) is 60.2 Å². The molecule has 0 amide bonds. The van der Waals surface area contributed by atoms with Gasteiger partial charge in [-0.3, -0.25) is 29.9 Å². The maximum Gasteiger partial charge on any atom is 1.00 e. The van der Waals surface area contributed by atoms with Crippen LogP contribution < -0.4 is 18.9 Å². The first-order valence-electron chi connectivity index (χ1n) is 40.9. The summed E-state index contributed by atoms with van der Waals surface area (Å²) < 4.78 is 98.6. The molecule has 0 fully saturated rings. The Hall–Kier alpha value is -14.7. The second-order valence-electron chi connectivity index (χ2n) is 29.7. The quantitative estimate of drug-likeness (QED) is 0.0260. The molecule has 0 radical (unpaired) electrons. The summed E-state index contributed by atoms with van der Waals surface area (Å²) in [6, 6.07) is 44.0. The van der Waals surface area contributed by atoms with Crippen molar-refractivity contribution in [1.29, 1.82) is 0 Å². The second-order valence-corrected chi connectivity index (χ2v) is 32.4. The van der Waals surface area contributed by atoms with Crippen molar-refractivity contribution >= 4 is 171 Å².